The van der Waals surface area contributed by atoms with Crippen molar-refractivity contribution in [3.8, 4) is 11.5 Å². The van der Waals surface area contributed by atoms with Gasteiger partial charge in [-0.25, -0.2) is 0 Å². The van der Waals surface area contributed by atoms with Crippen LogP contribution >= 0.6 is 24.0 Å². The summed E-state index contributed by atoms with van der Waals surface area (Å²) in [6, 6.07) is 5.73. The highest BCUT2D eigenvalue weighted by molar-refractivity contribution is 14.0. The molecule has 1 saturated heterocycles. The fourth-order valence-corrected chi connectivity index (χ4v) is 2.88. The number of halogens is 1. The van der Waals surface area contributed by atoms with E-state index in [1.807, 2.05) is 25.1 Å². The first-order chi connectivity index (χ1) is 13.3. The minimum Gasteiger partial charge on any atom is -0.493 e. The van der Waals surface area contributed by atoms with Crippen molar-refractivity contribution in [1.29, 1.82) is 0 Å². The number of nitrogens with one attached hydrogen (secondary N) is 2. The molecule has 0 atom stereocenters. The predicted octanol–water partition coefficient (Wildman–Crippen LogP) is 3.53. The minimum absolute atomic E-state index is 0. The normalized spacial score (nSPS) is 14.9. The molecule has 0 aromatic heterocycles. The highest BCUT2D eigenvalue weighted by atomic mass is 127. The zero-order valence-corrected chi connectivity index (χ0v) is 19.5. The molecule has 1 aromatic carbocycles. The van der Waals surface area contributed by atoms with E-state index in [0.717, 1.165) is 63.7 Å². The second kappa shape index (κ2) is 14.7. The SMILES string of the molecule is CCOc1ccc(NC(=NC)NCCCOCC2CCOCC2)cc1OC.I. The van der Waals surface area contributed by atoms with E-state index in [1.54, 1.807) is 14.2 Å². The number of hydrogen-bond acceptors (Lipinski definition) is 5. The van der Waals surface area contributed by atoms with Gasteiger partial charge in [0.2, 0.25) is 0 Å². The molecule has 0 unspecified atom stereocenters. The van der Waals surface area contributed by atoms with Crippen molar-refractivity contribution in [3.63, 3.8) is 0 Å². The number of methoxy groups -OCH3 is 1. The van der Waals surface area contributed by atoms with E-state index >= 15 is 0 Å². The van der Waals surface area contributed by atoms with Crippen LogP contribution in [0, 0.1) is 5.92 Å². The molecule has 1 heterocycles. The average molecular weight is 507 g/mol. The first-order valence-electron chi connectivity index (χ1n) is 9.70. The molecular formula is C20H34IN3O4. The molecule has 8 heteroatoms. The van der Waals surface area contributed by atoms with E-state index in [1.165, 1.54) is 0 Å². The average Bonchev–Trinajstić information content (AvgIpc) is 2.71. The maximum atomic E-state index is 5.79. The molecule has 1 aliphatic rings. The van der Waals surface area contributed by atoms with E-state index in [4.69, 9.17) is 18.9 Å². The Morgan fingerprint density at radius 2 is 2.04 bits per heavy atom. The first kappa shape index (κ1) is 24.8. The molecule has 7 nitrogen and oxygen atoms in total. The van der Waals surface area contributed by atoms with Crippen LogP contribution in [0.2, 0.25) is 0 Å². The Kier molecular flexibility index (Phi) is 13.0. The van der Waals surface area contributed by atoms with Gasteiger partial charge in [-0.2, -0.15) is 0 Å². The second-order valence-corrected chi connectivity index (χ2v) is 6.41. The lowest BCUT2D eigenvalue weighted by atomic mass is 10.0. The summed E-state index contributed by atoms with van der Waals surface area (Å²) in [5, 5.41) is 6.56. The summed E-state index contributed by atoms with van der Waals surface area (Å²) >= 11 is 0. The number of hydrogen-bond donors (Lipinski definition) is 2. The first-order valence-corrected chi connectivity index (χ1v) is 9.70. The molecule has 0 bridgehead atoms. The highest BCUT2D eigenvalue weighted by Crippen LogP contribution is 2.30. The number of ether oxygens (including phenoxy) is 4. The van der Waals surface area contributed by atoms with Crippen molar-refractivity contribution in [1.82, 2.24) is 5.32 Å². The maximum Gasteiger partial charge on any atom is 0.195 e. The summed E-state index contributed by atoms with van der Waals surface area (Å²) in [5.41, 5.74) is 0.888. The van der Waals surface area contributed by atoms with Crippen LogP contribution in [0.3, 0.4) is 0 Å². The molecule has 0 amide bonds. The van der Waals surface area contributed by atoms with E-state index in [2.05, 4.69) is 15.6 Å². The van der Waals surface area contributed by atoms with Crippen LogP contribution in [0.25, 0.3) is 0 Å². The molecule has 1 aliphatic heterocycles. The molecule has 2 rings (SSSR count). The number of nitrogens with zero attached hydrogens (tertiary/aromatic N) is 1. The Morgan fingerprint density at radius 3 is 2.71 bits per heavy atom. The molecule has 160 valence electrons. The van der Waals surface area contributed by atoms with Gasteiger partial charge in [-0.1, -0.05) is 0 Å². The third-order valence-electron chi connectivity index (χ3n) is 4.40. The van der Waals surface area contributed by atoms with Gasteiger partial charge in [-0.15, -0.1) is 24.0 Å². The van der Waals surface area contributed by atoms with E-state index in [9.17, 15) is 0 Å². The Labute approximate surface area is 185 Å². The van der Waals surface area contributed by atoms with Gasteiger partial charge in [0.05, 0.1) is 13.7 Å². The van der Waals surface area contributed by atoms with Crippen LogP contribution in [0.1, 0.15) is 26.2 Å². The van der Waals surface area contributed by atoms with E-state index in [-0.39, 0.29) is 24.0 Å². The van der Waals surface area contributed by atoms with Crippen molar-refractivity contribution in [3.05, 3.63) is 18.2 Å². The molecular weight excluding hydrogens is 473 g/mol. The number of rotatable bonds is 10. The van der Waals surface area contributed by atoms with Crippen molar-refractivity contribution in [2.75, 3.05) is 59.1 Å². The molecule has 2 N–H and O–H groups in total. The summed E-state index contributed by atoms with van der Waals surface area (Å²) in [4.78, 5) is 4.26. The van der Waals surface area contributed by atoms with Gasteiger partial charge in [-0.05, 0) is 44.2 Å². The predicted molar refractivity (Wildman–Crippen MR) is 124 cm³/mol. The molecule has 1 aromatic rings. The van der Waals surface area contributed by atoms with Crippen LogP contribution in [-0.4, -0.2) is 59.7 Å². The lowest BCUT2D eigenvalue weighted by molar-refractivity contribution is 0.0203. The van der Waals surface area contributed by atoms with Crippen LogP contribution in [0.15, 0.2) is 23.2 Å². The lowest BCUT2D eigenvalue weighted by Gasteiger charge is -2.21. The van der Waals surface area contributed by atoms with Crippen LogP contribution in [-0.2, 0) is 9.47 Å². The van der Waals surface area contributed by atoms with Gasteiger partial charge in [0.15, 0.2) is 17.5 Å². The minimum atomic E-state index is 0. The third kappa shape index (κ3) is 8.83. The van der Waals surface area contributed by atoms with Gasteiger partial charge in [0.25, 0.3) is 0 Å². The Balaban J connectivity index is 0.00000392. The van der Waals surface area contributed by atoms with E-state index < -0.39 is 0 Å². The Morgan fingerprint density at radius 1 is 1.25 bits per heavy atom. The molecule has 0 saturated carbocycles. The fraction of sp³-hybridized carbons (Fsp3) is 0.650. The summed E-state index contributed by atoms with van der Waals surface area (Å²) in [5.74, 6) is 2.79. The van der Waals surface area contributed by atoms with Gasteiger partial charge in [0.1, 0.15) is 0 Å². The Bertz CT molecular complexity index is 581. The van der Waals surface area contributed by atoms with Crippen LogP contribution < -0.4 is 20.1 Å². The molecule has 0 spiro atoms. The summed E-state index contributed by atoms with van der Waals surface area (Å²) in [7, 11) is 3.39. The fourth-order valence-electron chi connectivity index (χ4n) is 2.88. The molecule has 0 aliphatic carbocycles. The molecule has 28 heavy (non-hydrogen) atoms. The third-order valence-corrected chi connectivity index (χ3v) is 4.40. The van der Waals surface area contributed by atoms with Crippen molar-refractivity contribution < 1.29 is 18.9 Å². The second-order valence-electron chi connectivity index (χ2n) is 6.41. The van der Waals surface area contributed by atoms with Gasteiger partial charge in [0, 0.05) is 51.8 Å². The number of guanidine groups is 1. The summed E-state index contributed by atoms with van der Waals surface area (Å²) in [6.45, 7) is 6.66. The van der Waals surface area contributed by atoms with Gasteiger partial charge >= 0.3 is 0 Å². The monoisotopic (exact) mass is 507 g/mol. The molecule has 1 fully saturated rings. The zero-order valence-electron chi connectivity index (χ0n) is 17.2. The summed E-state index contributed by atoms with van der Waals surface area (Å²) in [6.07, 6.45) is 3.15. The lowest BCUT2D eigenvalue weighted by Crippen LogP contribution is -2.32. The van der Waals surface area contributed by atoms with Gasteiger partial charge < -0.3 is 29.6 Å². The number of benzene rings is 1. The van der Waals surface area contributed by atoms with Crippen molar-refractivity contribution >= 4 is 35.6 Å². The topological polar surface area (TPSA) is 73.3 Å². The smallest absolute Gasteiger partial charge is 0.195 e. The zero-order chi connectivity index (χ0) is 19.3. The standard InChI is InChI=1S/C20H33N3O4.HI/c1-4-27-18-7-6-17(14-19(18)24-3)23-20(21-2)22-10-5-11-26-15-16-8-12-25-13-9-16;/h6-7,14,16H,4-5,8-13,15H2,1-3H3,(H2,21,22,23);1H. The quantitative estimate of drug-likeness (QED) is 0.219. The Hall–Kier alpha value is -1.26. The number of anilines is 1. The van der Waals surface area contributed by atoms with Crippen molar-refractivity contribution in [2.45, 2.75) is 26.2 Å². The number of aliphatic imine (C=N–C) groups is 1. The van der Waals surface area contributed by atoms with Crippen LogP contribution in [0.5, 0.6) is 11.5 Å². The van der Waals surface area contributed by atoms with Gasteiger partial charge in [-0.3, -0.25) is 4.99 Å². The summed E-state index contributed by atoms with van der Waals surface area (Å²) < 4.78 is 22.1. The van der Waals surface area contributed by atoms with Crippen LogP contribution in [0.4, 0.5) is 5.69 Å². The maximum absolute atomic E-state index is 5.79. The molecule has 0 radical (unpaired) electrons. The highest BCUT2D eigenvalue weighted by Gasteiger charge is 2.13. The van der Waals surface area contributed by atoms with E-state index in [0.29, 0.717) is 24.2 Å². The van der Waals surface area contributed by atoms with Crippen molar-refractivity contribution in [2.24, 2.45) is 10.9 Å². The largest absolute Gasteiger partial charge is 0.493 e.